The zero-order valence-corrected chi connectivity index (χ0v) is 16.5. The molecule has 0 amide bonds. The van der Waals surface area contributed by atoms with Gasteiger partial charge in [0.25, 0.3) is 5.56 Å². The van der Waals surface area contributed by atoms with Crippen molar-refractivity contribution in [1.29, 1.82) is 0 Å². The van der Waals surface area contributed by atoms with E-state index in [1.807, 2.05) is 26.0 Å². The van der Waals surface area contributed by atoms with Crippen LogP contribution in [0.25, 0.3) is 23.2 Å². The molecule has 0 aliphatic carbocycles. The van der Waals surface area contributed by atoms with Crippen molar-refractivity contribution in [2.45, 2.75) is 20.4 Å². The summed E-state index contributed by atoms with van der Waals surface area (Å²) in [7, 11) is 1.55. The van der Waals surface area contributed by atoms with Crippen molar-refractivity contribution in [3.63, 3.8) is 0 Å². The third kappa shape index (κ3) is 3.99. The zero-order valence-electron chi connectivity index (χ0n) is 16.5. The Hall–Kier alpha value is -3.61. The summed E-state index contributed by atoms with van der Waals surface area (Å²) < 4.78 is 12.6. The largest absolute Gasteiger partial charge is 0.545 e. The van der Waals surface area contributed by atoms with Gasteiger partial charge in [-0.25, -0.2) is 4.98 Å². The van der Waals surface area contributed by atoms with Crippen LogP contribution in [0.1, 0.15) is 35.5 Å². The minimum atomic E-state index is -1.29. The molecule has 0 N–H and O–H groups in total. The van der Waals surface area contributed by atoms with Crippen LogP contribution in [-0.4, -0.2) is 29.2 Å². The highest BCUT2D eigenvalue weighted by molar-refractivity contribution is 5.91. The number of carbonyl (C=O) groups excluding carboxylic acids is 1. The van der Waals surface area contributed by atoms with E-state index in [1.165, 1.54) is 12.1 Å². The van der Waals surface area contributed by atoms with Gasteiger partial charge < -0.3 is 23.9 Å². The van der Waals surface area contributed by atoms with E-state index >= 15 is 0 Å². The van der Waals surface area contributed by atoms with Gasteiger partial charge in [0, 0.05) is 12.1 Å². The molecule has 3 aromatic rings. The molecule has 1 heterocycles. The number of aromatic nitrogens is 2. The first-order valence-electron chi connectivity index (χ1n) is 9.24. The molecule has 7 heteroatoms. The molecule has 0 saturated carbocycles. The topological polar surface area (TPSA) is 93.5 Å². The molecule has 3 rings (SSSR count). The molecule has 1 aromatic heterocycles. The van der Waals surface area contributed by atoms with E-state index in [2.05, 4.69) is 4.98 Å². The van der Waals surface area contributed by atoms with E-state index in [1.54, 1.807) is 36.0 Å². The quantitative estimate of drug-likeness (QED) is 0.612. The maximum Gasteiger partial charge on any atom is 0.276 e. The van der Waals surface area contributed by atoms with Crippen LogP contribution in [0.15, 0.2) is 41.2 Å². The molecule has 7 nitrogen and oxygen atoms in total. The number of para-hydroxylation sites is 1. The van der Waals surface area contributed by atoms with Crippen LogP contribution in [0, 0.1) is 0 Å². The number of aromatic carboxylic acids is 1. The van der Waals surface area contributed by atoms with Crippen molar-refractivity contribution in [2.75, 3.05) is 13.7 Å². The highest BCUT2D eigenvalue weighted by Crippen LogP contribution is 2.32. The molecule has 0 atom stereocenters. The average molecular weight is 393 g/mol. The van der Waals surface area contributed by atoms with Crippen LogP contribution in [-0.2, 0) is 6.54 Å². The molecule has 0 unspecified atom stereocenters. The summed E-state index contributed by atoms with van der Waals surface area (Å²) in [5.41, 5.74) is 1.63. The first-order chi connectivity index (χ1) is 14.0. The number of ether oxygens (including phenoxy) is 2. The van der Waals surface area contributed by atoms with E-state index in [4.69, 9.17) is 9.47 Å². The predicted molar refractivity (Wildman–Crippen MR) is 109 cm³/mol. The highest BCUT2D eigenvalue weighted by Gasteiger charge is 2.11. The van der Waals surface area contributed by atoms with Gasteiger partial charge in [0.2, 0.25) is 0 Å². The number of carbonyl (C=O) groups is 1. The summed E-state index contributed by atoms with van der Waals surface area (Å²) in [6.45, 7) is 4.65. The Bertz CT molecular complexity index is 1150. The number of rotatable bonds is 7. The summed E-state index contributed by atoms with van der Waals surface area (Å²) in [6.07, 6.45) is 3.31. The van der Waals surface area contributed by atoms with Gasteiger partial charge in [0.1, 0.15) is 5.69 Å². The second-order valence-corrected chi connectivity index (χ2v) is 6.18. The van der Waals surface area contributed by atoms with Crippen molar-refractivity contribution in [3.05, 3.63) is 63.6 Å². The molecule has 0 saturated heterocycles. The van der Waals surface area contributed by atoms with E-state index < -0.39 is 5.97 Å². The lowest BCUT2D eigenvalue weighted by atomic mass is 10.1. The lowest BCUT2D eigenvalue weighted by Crippen LogP contribution is -2.25. The number of hydrogen-bond acceptors (Lipinski definition) is 6. The second-order valence-electron chi connectivity index (χ2n) is 6.18. The fourth-order valence-electron chi connectivity index (χ4n) is 3.14. The Morgan fingerprint density at radius 1 is 1.21 bits per heavy atom. The Morgan fingerprint density at radius 2 is 2.00 bits per heavy atom. The van der Waals surface area contributed by atoms with E-state index in [0.717, 1.165) is 5.56 Å². The SMILES string of the molecule is CCOc1cccc(/C=C/c2nc3cc(C(=O)[O-])ccc3n(CC)c2=O)c1OC. The molecule has 0 aliphatic heterocycles. The van der Waals surface area contributed by atoms with Crippen LogP contribution in [0.2, 0.25) is 0 Å². The maximum absolute atomic E-state index is 12.8. The van der Waals surface area contributed by atoms with E-state index in [9.17, 15) is 14.7 Å². The van der Waals surface area contributed by atoms with Crippen LogP contribution in [0.4, 0.5) is 0 Å². The van der Waals surface area contributed by atoms with E-state index in [0.29, 0.717) is 35.7 Å². The Balaban J connectivity index is 2.13. The molecular formula is C22H21N2O5-. The summed E-state index contributed by atoms with van der Waals surface area (Å²) in [4.78, 5) is 28.4. The number of fused-ring (bicyclic) bond motifs is 1. The summed E-state index contributed by atoms with van der Waals surface area (Å²) in [5.74, 6) is -0.132. The zero-order chi connectivity index (χ0) is 21.0. The van der Waals surface area contributed by atoms with Gasteiger partial charge in [-0.05, 0) is 49.8 Å². The molecule has 2 aromatic carbocycles. The third-order valence-corrected chi connectivity index (χ3v) is 4.46. The number of carboxylic acids is 1. The number of benzene rings is 2. The molecule has 29 heavy (non-hydrogen) atoms. The first kappa shape index (κ1) is 20.1. The fourth-order valence-corrected chi connectivity index (χ4v) is 3.14. The number of hydrogen-bond donors (Lipinski definition) is 0. The normalized spacial score (nSPS) is 11.1. The maximum atomic E-state index is 12.8. The highest BCUT2D eigenvalue weighted by atomic mass is 16.5. The predicted octanol–water partition coefficient (Wildman–Crippen LogP) is 2.36. The molecule has 0 fully saturated rings. The Kier molecular flexibility index (Phi) is 5.97. The number of aryl methyl sites for hydroxylation is 1. The summed E-state index contributed by atoms with van der Waals surface area (Å²) >= 11 is 0. The van der Waals surface area contributed by atoms with Gasteiger partial charge in [-0.2, -0.15) is 0 Å². The number of methoxy groups -OCH3 is 1. The van der Waals surface area contributed by atoms with Crippen molar-refractivity contribution in [1.82, 2.24) is 9.55 Å². The van der Waals surface area contributed by atoms with Crippen LogP contribution in [0.5, 0.6) is 11.5 Å². The molecule has 150 valence electrons. The second kappa shape index (κ2) is 8.60. The van der Waals surface area contributed by atoms with Gasteiger partial charge in [0.05, 0.1) is 30.7 Å². The summed E-state index contributed by atoms with van der Waals surface area (Å²) in [5, 5.41) is 11.2. The fraction of sp³-hybridized carbons (Fsp3) is 0.227. The lowest BCUT2D eigenvalue weighted by Gasteiger charge is -2.12. The van der Waals surface area contributed by atoms with Gasteiger partial charge >= 0.3 is 0 Å². The van der Waals surface area contributed by atoms with Gasteiger partial charge in [-0.15, -0.1) is 0 Å². The minimum Gasteiger partial charge on any atom is -0.545 e. The van der Waals surface area contributed by atoms with Crippen molar-refractivity contribution >= 4 is 29.2 Å². The van der Waals surface area contributed by atoms with Gasteiger partial charge in [-0.3, -0.25) is 4.79 Å². The number of nitrogens with zero attached hydrogens (tertiary/aromatic N) is 2. The molecule has 0 spiro atoms. The third-order valence-electron chi connectivity index (χ3n) is 4.46. The van der Waals surface area contributed by atoms with Crippen molar-refractivity contribution < 1.29 is 19.4 Å². The minimum absolute atomic E-state index is 0.00677. The van der Waals surface area contributed by atoms with E-state index in [-0.39, 0.29) is 16.8 Å². The molecule has 0 bridgehead atoms. The lowest BCUT2D eigenvalue weighted by molar-refractivity contribution is -0.255. The van der Waals surface area contributed by atoms with Gasteiger partial charge in [-0.1, -0.05) is 18.2 Å². The number of carboxylic acid groups (broad SMARTS) is 1. The summed E-state index contributed by atoms with van der Waals surface area (Å²) in [6, 6.07) is 9.86. The molecule has 0 aliphatic rings. The van der Waals surface area contributed by atoms with Crippen molar-refractivity contribution in [2.24, 2.45) is 0 Å². The monoisotopic (exact) mass is 393 g/mol. The Morgan fingerprint density at radius 3 is 2.66 bits per heavy atom. The van der Waals surface area contributed by atoms with Crippen molar-refractivity contribution in [3.8, 4) is 11.5 Å². The van der Waals surface area contributed by atoms with Crippen LogP contribution < -0.4 is 20.1 Å². The van der Waals surface area contributed by atoms with Crippen LogP contribution >= 0.6 is 0 Å². The molecular weight excluding hydrogens is 372 g/mol. The Labute approximate surface area is 167 Å². The first-order valence-corrected chi connectivity index (χ1v) is 9.24. The standard InChI is InChI=1S/C22H22N2O5/c1-4-24-18-12-10-15(22(26)27)13-17(18)23-16(21(24)25)11-9-14-7-6-8-19(29-5-2)20(14)28-3/h6-13H,4-5H2,1-3H3,(H,26,27)/p-1/b11-9+. The smallest absolute Gasteiger partial charge is 0.276 e. The van der Waals surface area contributed by atoms with Crippen LogP contribution in [0.3, 0.4) is 0 Å². The average Bonchev–Trinajstić information content (AvgIpc) is 2.72. The van der Waals surface area contributed by atoms with Gasteiger partial charge in [0.15, 0.2) is 11.5 Å². The molecule has 0 radical (unpaired) electrons.